The van der Waals surface area contributed by atoms with E-state index >= 15 is 0 Å². The maximum atomic E-state index is 12.5. The second-order valence-corrected chi connectivity index (χ2v) is 7.25. The average molecular weight is 402 g/mol. The first-order valence-corrected chi connectivity index (χ1v) is 10.2. The summed E-state index contributed by atoms with van der Waals surface area (Å²) in [5.74, 6) is 0.770. The van der Waals surface area contributed by atoms with Crippen LogP contribution in [0, 0.1) is 0 Å². The molecule has 1 aliphatic heterocycles. The summed E-state index contributed by atoms with van der Waals surface area (Å²) in [6.07, 6.45) is 0. The van der Waals surface area contributed by atoms with Crippen LogP contribution in [0.1, 0.15) is 21.5 Å². The third kappa shape index (κ3) is 5.39. The highest BCUT2D eigenvalue weighted by Gasteiger charge is 2.12. The Morgan fingerprint density at radius 3 is 2.40 bits per heavy atom. The van der Waals surface area contributed by atoms with E-state index in [1.807, 2.05) is 72.8 Å². The highest BCUT2D eigenvalue weighted by atomic mass is 16.5. The molecule has 1 aliphatic rings. The predicted molar refractivity (Wildman–Crippen MR) is 118 cm³/mol. The molecule has 0 saturated carbocycles. The van der Waals surface area contributed by atoms with Crippen molar-refractivity contribution < 1.29 is 14.3 Å². The molecule has 1 N–H and O–H groups in total. The fourth-order valence-corrected chi connectivity index (χ4v) is 3.44. The van der Waals surface area contributed by atoms with Gasteiger partial charge in [0.25, 0.3) is 5.91 Å². The van der Waals surface area contributed by atoms with Crippen molar-refractivity contribution in [2.24, 2.45) is 0 Å². The van der Waals surface area contributed by atoms with Crippen LogP contribution in [0.2, 0.25) is 0 Å². The van der Waals surface area contributed by atoms with Crippen LogP contribution in [0.5, 0.6) is 5.75 Å². The highest BCUT2D eigenvalue weighted by molar-refractivity contribution is 5.94. The molecule has 3 aromatic rings. The molecule has 5 nitrogen and oxygen atoms in total. The van der Waals surface area contributed by atoms with E-state index in [9.17, 15) is 4.79 Å². The lowest BCUT2D eigenvalue weighted by Crippen LogP contribution is -2.36. The number of carbonyl (C=O) groups excluding carboxylic acids is 1. The average Bonchev–Trinajstić information content (AvgIpc) is 2.83. The van der Waals surface area contributed by atoms with Gasteiger partial charge in [-0.15, -0.1) is 0 Å². The van der Waals surface area contributed by atoms with E-state index in [0.29, 0.717) is 18.7 Å². The molecule has 1 fully saturated rings. The Morgan fingerprint density at radius 1 is 0.900 bits per heavy atom. The number of carbonyl (C=O) groups is 1. The normalized spacial score (nSPS) is 13.7. The minimum absolute atomic E-state index is 0.0746. The minimum Gasteiger partial charge on any atom is -0.489 e. The number of rotatable bonds is 7. The largest absolute Gasteiger partial charge is 0.489 e. The smallest absolute Gasteiger partial charge is 0.251 e. The van der Waals surface area contributed by atoms with Gasteiger partial charge in [-0.3, -0.25) is 4.79 Å². The zero-order valence-corrected chi connectivity index (χ0v) is 16.9. The summed E-state index contributed by atoms with van der Waals surface area (Å²) in [4.78, 5) is 14.8. The molecule has 0 radical (unpaired) electrons. The Bertz CT molecular complexity index is 952. The number of morpholine rings is 1. The molecule has 5 heteroatoms. The number of hydrogen-bond acceptors (Lipinski definition) is 4. The Balaban J connectivity index is 1.30. The van der Waals surface area contributed by atoms with Crippen LogP contribution in [0.15, 0.2) is 78.9 Å². The van der Waals surface area contributed by atoms with Crippen molar-refractivity contribution in [2.75, 3.05) is 31.2 Å². The van der Waals surface area contributed by atoms with Gasteiger partial charge < -0.3 is 19.7 Å². The van der Waals surface area contributed by atoms with Crippen molar-refractivity contribution in [1.82, 2.24) is 5.32 Å². The van der Waals surface area contributed by atoms with Crippen molar-refractivity contribution in [1.29, 1.82) is 0 Å². The van der Waals surface area contributed by atoms with E-state index in [0.717, 1.165) is 48.9 Å². The maximum absolute atomic E-state index is 12.5. The van der Waals surface area contributed by atoms with Crippen molar-refractivity contribution in [3.8, 4) is 5.75 Å². The molecular weight excluding hydrogens is 376 g/mol. The molecule has 1 saturated heterocycles. The number of nitrogens with one attached hydrogen (secondary N) is 1. The van der Waals surface area contributed by atoms with E-state index < -0.39 is 0 Å². The Morgan fingerprint density at radius 2 is 1.63 bits per heavy atom. The molecule has 154 valence electrons. The van der Waals surface area contributed by atoms with Crippen LogP contribution in [-0.2, 0) is 17.9 Å². The maximum Gasteiger partial charge on any atom is 0.251 e. The first-order valence-electron chi connectivity index (χ1n) is 10.2. The van der Waals surface area contributed by atoms with Crippen molar-refractivity contribution in [2.45, 2.75) is 13.2 Å². The summed E-state index contributed by atoms with van der Waals surface area (Å²) in [6.45, 7) is 4.24. The van der Waals surface area contributed by atoms with Gasteiger partial charge in [0.1, 0.15) is 12.4 Å². The molecule has 3 aromatic carbocycles. The SMILES string of the molecule is O=C(NCc1cccc(COc2ccccc2)c1)c1ccc(N2CCOCC2)cc1. The second-order valence-electron chi connectivity index (χ2n) is 7.25. The first-order chi connectivity index (χ1) is 14.8. The highest BCUT2D eigenvalue weighted by Crippen LogP contribution is 2.17. The summed E-state index contributed by atoms with van der Waals surface area (Å²) in [5.41, 5.74) is 3.90. The van der Waals surface area contributed by atoms with Crippen molar-refractivity contribution >= 4 is 11.6 Å². The fraction of sp³-hybridized carbons (Fsp3) is 0.240. The summed E-state index contributed by atoms with van der Waals surface area (Å²) < 4.78 is 11.2. The third-order valence-corrected chi connectivity index (χ3v) is 5.10. The molecule has 1 heterocycles. The lowest BCUT2D eigenvalue weighted by atomic mass is 10.1. The number of nitrogens with zero attached hydrogens (tertiary/aromatic N) is 1. The molecule has 0 bridgehead atoms. The van der Waals surface area contributed by atoms with Gasteiger partial charge in [-0.25, -0.2) is 0 Å². The third-order valence-electron chi connectivity index (χ3n) is 5.10. The zero-order valence-electron chi connectivity index (χ0n) is 16.9. The Kier molecular flexibility index (Phi) is 6.62. The number of amides is 1. The van der Waals surface area contributed by atoms with Gasteiger partial charge in [-0.2, -0.15) is 0 Å². The van der Waals surface area contributed by atoms with Crippen LogP contribution < -0.4 is 15.0 Å². The van der Waals surface area contributed by atoms with E-state index in [1.165, 1.54) is 0 Å². The van der Waals surface area contributed by atoms with Crippen molar-refractivity contribution in [3.63, 3.8) is 0 Å². The van der Waals surface area contributed by atoms with Gasteiger partial charge in [-0.1, -0.05) is 42.5 Å². The molecule has 0 atom stereocenters. The van der Waals surface area contributed by atoms with Crippen LogP contribution in [0.25, 0.3) is 0 Å². The standard InChI is InChI=1S/C25H26N2O3/c28-25(22-9-11-23(12-10-22)27-13-15-29-16-14-27)26-18-20-5-4-6-21(17-20)19-30-24-7-2-1-3-8-24/h1-12,17H,13-16,18-19H2,(H,26,28). The quantitative estimate of drug-likeness (QED) is 0.648. The van der Waals surface area contributed by atoms with Gasteiger partial charge in [0.15, 0.2) is 0 Å². The molecule has 30 heavy (non-hydrogen) atoms. The molecule has 1 amide bonds. The van der Waals surface area contributed by atoms with Crippen molar-refractivity contribution in [3.05, 3.63) is 95.6 Å². The fourth-order valence-electron chi connectivity index (χ4n) is 3.44. The van der Waals surface area contributed by atoms with E-state index in [4.69, 9.17) is 9.47 Å². The van der Waals surface area contributed by atoms with Crippen LogP contribution in [0.4, 0.5) is 5.69 Å². The molecular formula is C25H26N2O3. The van der Waals surface area contributed by atoms with Gasteiger partial charge in [0.05, 0.1) is 13.2 Å². The zero-order chi connectivity index (χ0) is 20.6. The lowest BCUT2D eigenvalue weighted by Gasteiger charge is -2.28. The summed E-state index contributed by atoms with van der Waals surface area (Å²) in [5, 5.41) is 3.00. The summed E-state index contributed by atoms with van der Waals surface area (Å²) in [6, 6.07) is 25.6. The second kappa shape index (κ2) is 9.94. The van der Waals surface area contributed by atoms with Crippen LogP contribution in [0.3, 0.4) is 0 Å². The van der Waals surface area contributed by atoms with Gasteiger partial charge >= 0.3 is 0 Å². The van der Waals surface area contributed by atoms with Gasteiger partial charge in [0.2, 0.25) is 0 Å². The molecule has 0 unspecified atom stereocenters. The minimum atomic E-state index is -0.0746. The summed E-state index contributed by atoms with van der Waals surface area (Å²) >= 11 is 0. The van der Waals surface area contributed by atoms with E-state index in [1.54, 1.807) is 0 Å². The lowest BCUT2D eigenvalue weighted by molar-refractivity contribution is 0.0951. The number of benzene rings is 3. The number of para-hydroxylation sites is 1. The first kappa shape index (κ1) is 20.0. The Hall–Kier alpha value is -3.31. The summed E-state index contributed by atoms with van der Waals surface area (Å²) in [7, 11) is 0. The predicted octanol–water partition coefficient (Wildman–Crippen LogP) is 4.03. The molecule has 0 aromatic heterocycles. The van der Waals surface area contributed by atoms with Crippen LogP contribution >= 0.6 is 0 Å². The van der Waals surface area contributed by atoms with Gasteiger partial charge in [-0.05, 0) is 47.5 Å². The van der Waals surface area contributed by atoms with E-state index in [2.05, 4.69) is 16.3 Å². The molecule has 0 spiro atoms. The number of ether oxygens (including phenoxy) is 2. The number of hydrogen-bond donors (Lipinski definition) is 1. The topological polar surface area (TPSA) is 50.8 Å². The number of anilines is 1. The van der Waals surface area contributed by atoms with Gasteiger partial charge in [0, 0.05) is 30.9 Å². The van der Waals surface area contributed by atoms with E-state index in [-0.39, 0.29) is 5.91 Å². The molecule has 0 aliphatic carbocycles. The monoisotopic (exact) mass is 402 g/mol. The Labute approximate surface area is 177 Å². The molecule has 4 rings (SSSR count). The van der Waals surface area contributed by atoms with Crippen LogP contribution in [-0.4, -0.2) is 32.2 Å².